The summed E-state index contributed by atoms with van der Waals surface area (Å²) in [6.45, 7) is 11.1. The van der Waals surface area contributed by atoms with E-state index in [4.69, 9.17) is 11.6 Å². The summed E-state index contributed by atoms with van der Waals surface area (Å²) in [5, 5.41) is 10.3. The fraction of sp³-hybridized carbons (Fsp3) is 1.00. The Labute approximate surface area is 99.2 Å². The molecule has 15 heavy (non-hydrogen) atoms. The molecule has 0 amide bonds. The van der Waals surface area contributed by atoms with Crippen molar-refractivity contribution in [2.75, 3.05) is 5.88 Å². The molecule has 1 aliphatic rings. The van der Waals surface area contributed by atoms with Crippen molar-refractivity contribution < 1.29 is 5.11 Å². The van der Waals surface area contributed by atoms with Crippen LogP contribution in [0.25, 0.3) is 0 Å². The molecule has 1 fully saturated rings. The molecule has 90 valence electrons. The van der Waals surface area contributed by atoms with Crippen molar-refractivity contribution in [3.05, 3.63) is 0 Å². The van der Waals surface area contributed by atoms with Crippen LogP contribution in [-0.4, -0.2) is 17.1 Å². The van der Waals surface area contributed by atoms with E-state index in [9.17, 15) is 5.11 Å². The Kier molecular flexibility index (Phi) is 4.11. The number of aliphatic hydroxyl groups excluding tert-OH is 1. The lowest BCUT2D eigenvalue weighted by atomic mass is 9.61. The van der Waals surface area contributed by atoms with Gasteiger partial charge in [-0.05, 0) is 35.5 Å². The highest BCUT2D eigenvalue weighted by Crippen LogP contribution is 2.45. The molecule has 5 unspecified atom stereocenters. The summed E-state index contributed by atoms with van der Waals surface area (Å²) in [5.41, 5.74) is 0.194. The normalized spacial score (nSPS) is 43.0. The van der Waals surface area contributed by atoms with Gasteiger partial charge in [-0.2, -0.15) is 0 Å². The molecule has 0 heterocycles. The molecule has 1 rings (SSSR count). The third-order valence-corrected chi connectivity index (χ3v) is 4.63. The second-order valence-corrected chi connectivity index (χ2v) is 6.66. The van der Waals surface area contributed by atoms with Gasteiger partial charge in [-0.15, -0.1) is 11.6 Å². The first kappa shape index (κ1) is 13.3. The van der Waals surface area contributed by atoms with Gasteiger partial charge < -0.3 is 5.11 Å². The first-order chi connectivity index (χ1) is 6.79. The van der Waals surface area contributed by atoms with Gasteiger partial charge in [0.15, 0.2) is 0 Å². The van der Waals surface area contributed by atoms with Gasteiger partial charge in [-0.1, -0.05) is 34.6 Å². The molecule has 1 N–H and O–H groups in total. The van der Waals surface area contributed by atoms with Crippen LogP contribution in [0.2, 0.25) is 0 Å². The second-order valence-electron chi connectivity index (χ2n) is 6.35. The van der Waals surface area contributed by atoms with E-state index in [2.05, 4.69) is 34.6 Å². The summed E-state index contributed by atoms with van der Waals surface area (Å²) in [6.07, 6.45) is 0.914. The quantitative estimate of drug-likeness (QED) is 0.686. The second kappa shape index (κ2) is 4.63. The van der Waals surface area contributed by atoms with E-state index in [-0.39, 0.29) is 11.5 Å². The van der Waals surface area contributed by atoms with Crippen molar-refractivity contribution in [3.8, 4) is 0 Å². The highest BCUT2D eigenvalue weighted by molar-refractivity contribution is 6.18. The van der Waals surface area contributed by atoms with E-state index in [0.717, 1.165) is 6.42 Å². The van der Waals surface area contributed by atoms with Gasteiger partial charge in [-0.3, -0.25) is 0 Å². The van der Waals surface area contributed by atoms with Gasteiger partial charge in [0, 0.05) is 5.88 Å². The Morgan fingerprint density at radius 3 is 2.20 bits per heavy atom. The first-order valence-corrected chi connectivity index (χ1v) is 6.56. The molecule has 1 nitrogen and oxygen atoms in total. The van der Waals surface area contributed by atoms with Crippen LogP contribution < -0.4 is 0 Å². The van der Waals surface area contributed by atoms with E-state index in [0.29, 0.717) is 29.6 Å². The molecule has 1 aliphatic carbocycles. The van der Waals surface area contributed by atoms with Crippen LogP contribution in [0.5, 0.6) is 0 Å². The average molecular weight is 233 g/mol. The number of hydrogen-bond donors (Lipinski definition) is 1. The summed E-state index contributed by atoms with van der Waals surface area (Å²) >= 11 is 5.99. The fourth-order valence-corrected chi connectivity index (χ4v) is 3.60. The van der Waals surface area contributed by atoms with Crippen molar-refractivity contribution in [1.82, 2.24) is 0 Å². The Morgan fingerprint density at radius 2 is 1.80 bits per heavy atom. The molecule has 0 aromatic carbocycles. The SMILES string of the molecule is CC1CC(C(C)(C)C)C(O)C(C)C1CCl. The molecule has 0 saturated heterocycles. The minimum atomic E-state index is -0.190. The lowest BCUT2D eigenvalue weighted by molar-refractivity contribution is -0.0650. The Balaban J connectivity index is 2.82. The van der Waals surface area contributed by atoms with E-state index < -0.39 is 0 Å². The van der Waals surface area contributed by atoms with Gasteiger partial charge >= 0.3 is 0 Å². The molecule has 0 radical (unpaired) electrons. The molecular weight excluding hydrogens is 208 g/mol. The molecule has 5 atom stereocenters. The highest BCUT2D eigenvalue weighted by Gasteiger charge is 2.43. The molecule has 1 saturated carbocycles. The van der Waals surface area contributed by atoms with Crippen LogP contribution in [0, 0.1) is 29.1 Å². The maximum atomic E-state index is 10.3. The maximum Gasteiger partial charge on any atom is 0.0602 e. The zero-order chi connectivity index (χ0) is 11.8. The monoisotopic (exact) mass is 232 g/mol. The highest BCUT2D eigenvalue weighted by atomic mass is 35.5. The number of hydrogen-bond acceptors (Lipinski definition) is 1. The maximum absolute atomic E-state index is 10.3. The Hall–Kier alpha value is 0.250. The molecular formula is C13H25ClO. The predicted octanol–water partition coefficient (Wildman–Crippen LogP) is 3.54. The number of alkyl halides is 1. The minimum Gasteiger partial charge on any atom is -0.393 e. The van der Waals surface area contributed by atoms with Crippen molar-refractivity contribution >= 4 is 11.6 Å². The third kappa shape index (κ3) is 2.68. The molecule has 0 aliphatic heterocycles. The van der Waals surface area contributed by atoms with Crippen LogP contribution in [0.15, 0.2) is 0 Å². The van der Waals surface area contributed by atoms with Crippen LogP contribution in [-0.2, 0) is 0 Å². The average Bonchev–Trinajstić information content (AvgIpc) is 2.10. The standard InChI is InChI=1S/C13H25ClO/c1-8-6-11(13(3,4)5)12(15)9(2)10(8)7-14/h8-12,15H,6-7H2,1-5H3. The Bertz CT molecular complexity index is 209. The topological polar surface area (TPSA) is 20.2 Å². The molecule has 0 aromatic heterocycles. The largest absolute Gasteiger partial charge is 0.393 e. The van der Waals surface area contributed by atoms with E-state index in [1.807, 2.05) is 0 Å². The van der Waals surface area contributed by atoms with E-state index in [1.54, 1.807) is 0 Å². The summed E-state index contributed by atoms with van der Waals surface area (Å²) in [6, 6.07) is 0. The van der Waals surface area contributed by atoms with Crippen LogP contribution in [0.1, 0.15) is 41.0 Å². The van der Waals surface area contributed by atoms with Crippen molar-refractivity contribution in [3.63, 3.8) is 0 Å². The molecule has 2 heteroatoms. The van der Waals surface area contributed by atoms with E-state index in [1.165, 1.54) is 0 Å². The van der Waals surface area contributed by atoms with Crippen molar-refractivity contribution in [1.29, 1.82) is 0 Å². The molecule has 0 spiro atoms. The minimum absolute atomic E-state index is 0.190. The van der Waals surface area contributed by atoms with Gasteiger partial charge in [0.25, 0.3) is 0 Å². The summed E-state index contributed by atoms with van der Waals surface area (Å²) in [7, 11) is 0. The smallest absolute Gasteiger partial charge is 0.0602 e. The lowest BCUT2D eigenvalue weighted by Gasteiger charge is -2.47. The molecule has 0 aromatic rings. The lowest BCUT2D eigenvalue weighted by Crippen LogP contribution is -2.47. The summed E-state index contributed by atoms with van der Waals surface area (Å²) < 4.78 is 0. The summed E-state index contributed by atoms with van der Waals surface area (Å²) in [5.74, 6) is 2.51. The third-order valence-electron chi connectivity index (χ3n) is 4.27. The summed E-state index contributed by atoms with van der Waals surface area (Å²) in [4.78, 5) is 0. The Morgan fingerprint density at radius 1 is 1.27 bits per heavy atom. The van der Waals surface area contributed by atoms with Crippen LogP contribution in [0.4, 0.5) is 0 Å². The predicted molar refractivity (Wildman–Crippen MR) is 66.1 cm³/mol. The molecule has 0 bridgehead atoms. The van der Waals surface area contributed by atoms with Crippen molar-refractivity contribution in [2.45, 2.75) is 47.1 Å². The number of aliphatic hydroxyl groups is 1. The van der Waals surface area contributed by atoms with Gasteiger partial charge in [0.05, 0.1) is 6.10 Å². The van der Waals surface area contributed by atoms with Crippen molar-refractivity contribution in [2.24, 2.45) is 29.1 Å². The first-order valence-electron chi connectivity index (χ1n) is 6.03. The number of rotatable bonds is 1. The van der Waals surface area contributed by atoms with Gasteiger partial charge in [0.2, 0.25) is 0 Å². The van der Waals surface area contributed by atoms with Gasteiger partial charge in [0.1, 0.15) is 0 Å². The zero-order valence-corrected chi connectivity index (χ0v) is 11.4. The number of halogens is 1. The van der Waals surface area contributed by atoms with Crippen LogP contribution in [0.3, 0.4) is 0 Å². The van der Waals surface area contributed by atoms with Crippen LogP contribution >= 0.6 is 11.6 Å². The zero-order valence-electron chi connectivity index (χ0n) is 10.6. The fourth-order valence-electron chi connectivity index (χ4n) is 3.01. The van der Waals surface area contributed by atoms with Gasteiger partial charge in [-0.25, -0.2) is 0 Å². The van der Waals surface area contributed by atoms with E-state index >= 15 is 0 Å².